The van der Waals surface area contributed by atoms with Gasteiger partial charge in [0, 0.05) is 39.0 Å². The van der Waals surface area contributed by atoms with E-state index in [-0.39, 0.29) is 12.0 Å². The van der Waals surface area contributed by atoms with Gasteiger partial charge in [-0.3, -0.25) is 9.78 Å². The highest BCUT2D eigenvalue weighted by atomic mass is 16.3. The van der Waals surface area contributed by atoms with E-state index in [0.717, 1.165) is 63.4 Å². The second kappa shape index (κ2) is 6.60. The summed E-state index contributed by atoms with van der Waals surface area (Å²) < 4.78 is 0. The first-order valence-corrected chi connectivity index (χ1v) is 8.14. The highest BCUT2D eigenvalue weighted by Gasteiger charge is 2.24. The minimum absolute atomic E-state index is 0.140. The van der Waals surface area contributed by atoms with Crippen LogP contribution in [0.2, 0.25) is 0 Å². The molecule has 120 valence electrons. The Balaban J connectivity index is 1.65. The fraction of sp³-hybridized carbons (Fsp3) is 0.688. The molecule has 1 aromatic rings. The Hall–Kier alpha value is -1.69. The minimum atomic E-state index is -0.178. The Morgan fingerprint density at radius 2 is 1.95 bits per heavy atom. The van der Waals surface area contributed by atoms with Crippen LogP contribution in [0.15, 0.2) is 12.4 Å². The molecular weight excluding hydrogens is 280 g/mol. The lowest BCUT2D eigenvalue weighted by molar-refractivity contribution is -0.130. The Morgan fingerprint density at radius 3 is 2.59 bits per heavy atom. The third-order valence-electron chi connectivity index (χ3n) is 4.73. The van der Waals surface area contributed by atoms with Crippen molar-refractivity contribution in [1.29, 1.82) is 0 Å². The molecule has 1 aromatic heterocycles. The van der Waals surface area contributed by atoms with E-state index in [2.05, 4.69) is 14.9 Å². The molecule has 0 saturated carbocycles. The smallest absolute Gasteiger partial charge is 0.219 e. The number of hydrogen-bond donors (Lipinski definition) is 1. The standard InChI is InChI=1S/C16H24N4O2/c1-12(21)20-6-2-3-13(11-20)15-9-18-16(10-17-15)19-7-4-14(22)5-8-19/h9-10,13-14,22H,2-8,11H2,1H3/t13-/m0/s1. The van der Waals surface area contributed by atoms with Crippen LogP contribution < -0.4 is 4.90 Å². The average molecular weight is 304 g/mol. The van der Waals surface area contributed by atoms with E-state index in [1.807, 2.05) is 17.3 Å². The van der Waals surface area contributed by atoms with Crippen molar-refractivity contribution in [2.24, 2.45) is 0 Å². The highest BCUT2D eigenvalue weighted by molar-refractivity contribution is 5.73. The summed E-state index contributed by atoms with van der Waals surface area (Å²) in [6.45, 7) is 4.89. The van der Waals surface area contributed by atoms with Crippen LogP contribution in [0, 0.1) is 0 Å². The van der Waals surface area contributed by atoms with Crippen molar-refractivity contribution < 1.29 is 9.90 Å². The molecule has 2 aliphatic rings. The van der Waals surface area contributed by atoms with Gasteiger partial charge in [0.1, 0.15) is 5.82 Å². The summed E-state index contributed by atoms with van der Waals surface area (Å²) in [6.07, 6.45) is 7.18. The van der Waals surface area contributed by atoms with Gasteiger partial charge in [0.05, 0.1) is 24.2 Å². The Morgan fingerprint density at radius 1 is 1.18 bits per heavy atom. The summed E-state index contributed by atoms with van der Waals surface area (Å²) in [7, 11) is 0. The molecule has 2 saturated heterocycles. The molecule has 0 unspecified atom stereocenters. The van der Waals surface area contributed by atoms with Gasteiger partial charge < -0.3 is 14.9 Å². The quantitative estimate of drug-likeness (QED) is 0.888. The molecule has 0 spiro atoms. The number of aliphatic hydroxyl groups excluding tert-OH is 1. The van der Waals surface area contributed by atoms with Gasteiger partial charge >= 0.3 is 0 Å². The molecule has 6 heteroatoms. The van der Waals surface area contributed by atoms with Crippen molar-refractivity contribution in [3.05, 3.63) is 18.1 Å². The number of aromatic nitrogens is 2. The van der Waals surface area contributed by atoms with Crippen LogP contribution in [-0.4, -0.2) is 58.2 Å². The molecule has 2 aliphatic heterocycles. The second-order valence-corrected chi connectivity index (χ2v) is 6.32. The number of carbonyl (C=O) groups is 1. The van der Waals surface area contributed by atoms with Gasteiger partial charge in [0.25, 0.3) is 0 Å². The number of nitrogens with zero attached hydrogens (tertiary/aromatic N) is 4. The fourth-order valence-electron chi connectivity index (χ4n) is 3.30. The van der Waals surface area contributed by atoms with Crippen molar-refractivity contribution >= 4 is 11.7 Å². The molecule has 3 heterocycles. The van der Waals surface area contributed by atoms with Gasteiger partial charge in [-0.25, -0.2) is 4.98 Å². The number of piperidine rings is 2. The molecular formula is C16H24N4O2. The maximum absolute atomic E-state index is 11.5. The van der Waals surface area contributed by atoms with Gasteiger partial charge in [-0.1, -0.05) is 0 Å². The number of aliphatic hydroxyl groups is 1. The van der Waals surface area contributed by atoms with Crippen LogP contribution >= 0.6 is 0 Å². The lowest BCUT2D eigenvalue weighted by Gasteiger charge is -2.32. The number of carbonyl (C=O) groups excluding carboxylic acids is 1. The monoisotopic (exact) mass is 304 g/mol. The van der Waals surface area contributed by atoms with Crippen LogP contribution in [0.25, 0.3) is 0 Å². The summed E-state index contributed by atoms with van der Waals surface area (Å²) in [5.41, 5.74) is 0.978. The van der Waals surface area contributed by atoms with Crippen molar-refractivity contribution in [3.63, 3.8) is 0 Å². The zero-order chi connectivity index (χ0) is 15.5. The molecule has 1 N–H and O–H groups in total. The minimum Gasteiger partial charge on any atom is -0.393 e. The van der Waals surface area contributed by atoms with Gasteiger partial charge in [-0.15, -0.1) is 0 Å². The lowest BCUT2D eigenvalue weighted by atomic mass is 9.95. The molecule has 0 aliphatic carbocycles. The first-order valence-electron chi connectivity index (χ1n) is 8.14. The summed E-state index contributed by atoms with van der Waals surface area (Å²) in [4.78, 5) is 24.7. The van der Waals surface area contributed by atoms with Crippen LogP contribution in [0.3, 0.4) is 0 Å². The van der Waals surface area contributed by atoms with E-state index >= 15 is 0 Å². The Bertz CT molecular complexity index is 511. The predicted octanol–water partition coefficient (Wildman–Crippen LogP) is 1.16. The van der Waals surface area contributed by atoms with Crippen molar-refractivity contribution in [1.82, 2.24) is 14.9 Å². The largest absolute Gasteiger partial charge is 0.393 e. The van der Waals surface area contributed by atoms with Gasteiger partial charge in [-0.2, -0.15) is 0 Å². The first kappa shape index (κ1) is 15.2. The van der Waals surface area contributed by atoms with Gasteiger partial charge in [-0.05, 0) is 25.7 Å². The van der Waals surface area contributed by atoms with E-state index in [0.29, 0.717) is 5.92 Å². The van der Waals surface area contributed by atoms with Crippen molar-refractivity contribution in [2.45, 2.75) is 44.6 Å². The van der Waals surface area contributed by atoms with Crippen molar-refractivity contribution in [3.8, 4) is 0 Å². The Kier molecular flexibility index (Phi) is 4.57. The maximum Gasteiger partial charge on any atom is 0.219 e. The molecule has 6 nitrogen and oxygen atoms in total. The van der Waals surface area contributed by atoms with Gasteiger partial charge in [0.2, 0.25) is 5.91 Å². The van der Waals surface area contributed by atoms with Gasteiger partial charge in [0.15, 0.2) is 0 Å². The lowest BCUT2D eigenvalue weighted by Crippen LogP contribution is -2.38. The second-order valence-electron chi connectivity index (χ2n) is 6.32. The molecule has 0 bridgehead atoms. The fourth-order valence-corrected chi connectivity index (χ4v) is 3.30. The number of anilines is 1. The van der Waals surface area contributed by atoms with Crippen LogP contribution in [0.4, 0.5) is 5.82 Å². The maximum atomic E-state index is 11.5. The van der Waals surface area contributed by atoms with Crippen molar-refractivity contribution in [2.75, 3.05) is 31.1 Å². The third-order valence-corrected chi connectivity index (χ3v) is 4.73. The number of rotatable bonds is 2. The zero-order valence-corrected chi connectivity index (χ0v) is 13.1. The molecule has 1 atom stereocenters. The summed E-state index contributed by atoms with van der Waals surface area (Å²) >= 11 is 0. The first-order chi connectivity index (χ1) is 10.6. The number of amides is 1. The number of likely N-dealkylation sites (tertiary alicyclic amines) is 1. The predicted molar refractivity (Wildman–Crippen MR) is 83.7 cm³/mol. The molecule has 0 aromatic carbocycles. The van der Waals surface area contributed by atoms with E-state index < -0.39 is 0 Å². The SMILES string of the molecule is CC(=O)N1CCC[C@H](c2cnc(N3CCC(O)CC3)cn2)C1. The van der Waals surface area contributed by atoms with E-state index in [4.69, 9.17) is 0 Å². The van der Waals surface area contributed by atoms with Crippen LogP contribution in [-0.2, 0) is 4.79 Å². The Labute approximate surface area is 131 Å². The summed E-state index contributed by atoms with van der Waals surface area (Å²) in [5, 5.41) is 9.56. The molecule has 3 rings (SSSR count). The molecule has 0 radical (unpaired) electrons. The topological polar surface area (TPSA) is 69.6 Å². The van der Waals surface area contributed by atoms with E-state index in [1.54, 1.807) is 6.92 Å². The van der Waals surface area contributed by atoms with Crippen LogP contribution in [0.5, 0.6) is 0 Å². The normalized spacial score (nSPS) is 23.6. The number of hydrogen-bond acceptors (Lipinski definition) is 5. The summed E-state index contributed by atoms with van der Waals surface area (Å²) in [5.74, 6) is 1.32. The summed E-state index contributed by atoms with van der Waals surface area (Å²) in [6, 6.07) is 0. The molecule has 2 fully saturated rings. The molecule has 22 heavy (non-hydrogen) atoms. The molecule has 1 amide bonds. The zero-order valence-electron chi connectivity index (χ0n) is 13.1. The average Bonchev–Trinajstić information content (AvgIpc) is 2.56. The third kappa shape index (κ3) is 3.38. The highest BCUT2D eigenvalue weighted by Crippen LogP contribution is 2.26. The van der Waals surface area contributed by atoms with Crippen LogP contribution in [0.1, 0.15) is 44.2 Å². The van der Waals surface area contributed by atoms with E-state index in [1.165, 1.54) is 0 Å². The van der Waals surface area contributed by atoms with E-state index in [9.17, 15) is 9.90 Å².